The Bertz CT molecular complexity index is 929. The maximum absolute atomic E-state index is 10.4. The quantitative estimate of drug-likeness (QED) is 0.463. The number of nitrogens with two attached hydrogens (primary N) is 2. The lowest BCUT2D eigenvalue weighted by atomic mass is 10.1. The highest BCUT2D eigenvalue weighted by atomic mass is 16.4. The predicted molar refractivity (Wildman–Crippen MR) is 126 cm³/mol. The van der Waals surface area contributed by atoms with Gasteiger partial charge in [0.15, 0.2) is 0 Å². The van der Waals surface area contributed by atoms with Crippen molar-refractivity contribution in [2.45, 2.75) is 26.7 Å². The molecular formula is C25H31N3O4. The van der Waals surface area contributed by atoms with Crippen molar-refractivity contribution in [3.05, 3.63) is 100 Å². The molecule has 0 aliphatic carbocycles. The number of hydrogen-bond donors (Lipinski definition) is 4. The van der Waals surface area contributed by atoms with Crippen molar-refractivity contribution in [1.82, 2.24) is 4.98 Å². The van der Waals surface area contributed by atoms with E-state index in [1.54, 1.807) is 0 Å². The Balaban J connectivity index is 0.000000241. The fraction of sp³-hybridized carbons (Fsp3) is 0.240. The van der Waals surface area contributed by atoms with Crippen LogP contribution in [0, 0.1) is 13.8 Å². The van der Waals surface area contributed by atoms with E-state index in [4.69, 9.17) is 21.7 Å². The Kier molecular flexibility index (Phi) is 12.0. The molecule has 1 aromatic heterocycles. The highest BCUT2D eigenvalue weighted by molar-refractivity contribution is 5.92. The van der Waals surface area contributed by atoms with E-state index in [9.17, 15) is 9.59 Å². The standard InChI is InChI=1S/2C9H13N.C7H5NO4/c2*1-8-4-2-3-5-9(8)6-7-10;9-6(10)4-1-2-8-5(3-4)7(11)12/h2*2-5H,6-7,10H2,1H3;1-3H,(H,9,10)(H,11,12). The zero-order chi connectivity index (χ0) is 23.9. The molecule has 0 amide bonds. The van der Waals surface area contributed by atoms with Crippen LogP contribution in [0.25, 0.3) is 0 Å². The van der Waals surface area contributed by atoms with Crippen LogP contribution in [0.4, 0.5) is 0 Å². The Hall–Kier alpha value is -3.55. The van der Waals surface area contributed by atoms with Gasteiger partial charge in [0, 0.05) is 6.20 Å². The van der Waals surface area contributed by atoms with Gasteiger partial charge in [-0.25, -0.2) is 14.6 Å². The van der Waals surface area contributed by atoms with E-state index < -0.39 is 11.9 Å². The summed E-state index contributed by atoms with van der Waals surface area (Å²) < 4.78 is 0. The van der Waals surface area contributed by atoms with Gasteiger partial charge in [-0.1, -0.05) is 48.5 Å². The minimum atomic E-state index is -1.24. The van der Waals surface area contributed by atoms with Crippen LogP contribution in [-0.2, 0) is 12.8 Å². The van der Waals surface area contributed by atoms with Gasteiger partial charge in [0.05, 0.1) is 5.56 Å². The largest absolute Gasteiger partial charge is 0.478 e. The first kappa shape index (κ1) is 26.5. The molecule has 0 atom stereocenters. The number of pyridine rings is 1. The van der Waals surface area contributed by atoms with Crippen LogP contribution in [0.3, 0.4) is 0 Å². The van der Waals surface area contributed by atoms with E-state index in [0.29, 0.717) is 0 Å². The number of carboxylic acid groups (broad SMARTS) is 2. The maximum atomic E-state index is 10.4. The van der Waals surface area contributed by atoms with Gasteiger partial charge < -0.3 is 21.7 Å². The van der Waals surface area contributed by atoms with Crippen molar-refractivity contribution in [2.24, 2.45) is 11.5 Å². The van der Waals surface area contributed by atoms with Crippen LogP contribution >= 0.6 is 0 Å². The molecule has 6 N–H and O–H groups in total. The van der Waals surface area contributed by atoms with Crippen LogP contribution in [0.15, 0.2) is 66.9 Å². The average Bonchev–Trinajstić information content (AvgIpc) is 2.78. The molecule has 3 aromatic rings. The number of benzene rings is 2. The van der Waals surface area contributed by atoms with Gasteiger partial charge in [0.2, 0.25) is 0 Å². The Morgan fingerprint density at radius 3 is 1.62 bits per heavy atom. The van der Waals surface area contributed by atoms with E-state index in [1.165, 1.54) is 28.3 Å². The molecule has 32 heavy (non-hydrogen) atoms. The van der Waals surface area contributed by atoms with Gasteiger partial charge in [0.1, 0.15) is 5.69 Å². The Morgan fingerprint density at radius 1 is 0.781 bits per heavy atom. The van der Waals surface area contributed by atoms with Crippen molar-refractivity contribution in [3.8, 4) is 0 Å². The van der Waals surface area contributed by atoms with Gasteiger partial charge in [-0.15, -0.1) is 0 Å². The monoisotopic (exact) mass is 437 g/mol. The molecule has 1 heterocycles. The zero-order valence-corrected chi connectivity index (χ0v) is 18.5. The van der Waals surface area contributed by atoms with Gasteiger partial charge in [-0.05, 0) is 74.2 Å². The smallest absolute Gasteiger partial charge is 0.354 e. The number of carboxylic acids is 2. The van der Waals surface area contributed by atoms with Crippen molar-refractivity contribution in [1.29, 1.82) is 0 Å². The first-order chi connectivity index (χ1) is 15.3. The number of aromatic nitrogens is 1. The molecule has 170 valence electrons. The SMILES string of the molecule is Cc1ccccc1CCN.Cc1ccccc1CCN.O=C(O)c1ccnc(C(=O)O)c1. The summed E-state index contributed by atoms with van der Waals surface area (Å²) in [5.74, 6) is -2.40. The zero-order valence-electron chi connectivity index (χ0n) is 18.5. The van der Waals surface area contributed by atoms with E-state index in [1.807, 2.05) is 0 Å². The number of aromatic carboxylic acids is 2. The van der Waals surface area contributed by atoms with Crippen LogP contribution in [0.5, 0.6) is 0 Å². The van der Waals surface area contributed by atoms with Crippen molar-refractivity contribution >= 4 is 11.9 Å². The van der Waals surface area contributed by atoms with Gasteiger partial charge >= 0.3 is 11.9 Å². The summed E-state index contributed by atoms with van der Waals surface area (Å²) in [7, 11) is 0. The minimum absolute atomic E-state index is 0.0811. The number of carbonyl (C=O) groups is 2. The molecule has 0 fully saturated rings. The van der Waals surface area contributed by atoms with Gasteiger partial charge in [-0.3, -0.25) is 0 Å². The third kappa shape index (κ3) is 9.51. The van der Waals surface area contributed by atoms with E-state index in [0.717, 1.165) is 38.2 Å². The van der Waals surface area contributed by atoms with Crippen molar-refractivity contribution < 1.29 is 19.8 Å². The normalized spacial score (nSPS) is 9.62. The van der Waals surface area contributed by atoms with Crippen LogP contribution < -0.4 is 11.5 Å². The molecule has 0 aliphatic heterocycles. The summed E-state index contributed by atoms with van der Waals surface area (Å²) in [6, 6.07) is 18.9. The predicted octanol–water partition coefficient (Wildman–Crippen LogP) is 3.47. The molecule has 0 bridgehead atoms. The van der Waals surface area contributed by atoms with Crippen molar-refractivity contribution in [3.63, 3.8) is 0 Å². The second-order valence-corrected chi connectivity index (χ2v) is 6.97. The Morgan fingerprint density at radius 2 is 1.25 bits per heavy atom. The lowest BCUT2D eigenvalue weighted by Crippen LogP contribution is -2.03. The number of aryl methyl sites for hydroxylation is 2. The first-order valence-corrected chi connectivity index (χ1v) is 10.2. The molecule has 0 radical (unpaired) electrons. The molecule has 0 unspecified atom stereocenters. The summed E-state index contributed by atoms with van der Waals surface area (Å²) in [5, 5.41) is 16.9. The van der Waals surface area contributed by atoms with Crippen LogP contribution in [0.2, 0.25) is 0 Å². The highest BCUT2D eigenvalue weighted by Gasteiger charge is 2.08. The molecule has 2 aromatic carbocycles. The maximum Gasteiger partial charge on any atom is 0.354 e. The molecule has 7 nitrogen and oxygen atoms in total. The number of nitrogens with zero attached hydrogens (tertiary/aromatic N) is 1. The summed E-state index contributed by atoms with van der Waals surface area (Å²) in [6.45, 7) is 5.71. The highest BCUT2D eigenvalue weighted by Crippen LogP contribution is 2.07. The average molecular weight is 438 g/mol. The topological polar surface area (TPSA) is 140 Å². The third-order valence-corrected chi connectivity index (χ3v) is 4.58. The third-order valence-electron chi connectivity index (χ3n) is 4.58. The van der Waals surface area contributed by atoms with E-state index in [2.05, 4.69) is 67.4 Å². The van der Waals surface area contributed by atoms with E-state index >= 15 is 0 Å². The minimum Gasteiger partial charge on any atom is -0.478 e. The fourth-order valence-corrected chi connectivity index (χ4v) is 2.77. The van der Waals surface area contributed by atoms with Crippen LogP contribution in [0.1, 0.15) is 43.1 Å². The summed E-state index contributed by atoms with van der Waals surface area (Å²) >= 11 is 0. The first-order valence-electron chi connectivity index (χ1n) is 10.2. The fourth-order valence-electron chi connectivity index (χ4n) is 2.77. The van der Waals surface area contributed by atoms with Gasteiger partial charge in [-0.2, -0.15) is 0 Å². The van der Waals surface area contributed by atoms with Gasteiger partial charge in [0.25, 0.3) is 0 Å². The molecule has 0 saturated carbocycles. The summed E-state index contributed by atoms with van der Waals surface area (Å²) in [5.41, 5.74) is 15.9. The lowest BCUT2D eigenvalue weighted by Gasteiger charge is -2.01. The second-order valence-electron chi connectivity index (χ2n) is 6.97. The van der Waals surface area contributed by atoms with E-state index in [-0.39, 0.29) is 11.3 Å². The second kappa shape index (κ2) is 14.5. The molecule has 0 saturated heterocycles. The number of hydrogen-bond acceptors (Lipinski definition) is 5. The molecule has 7 heteroatoms. The van der Waals surface area contributed by atoms with Crippen LogP contribution in [-0.4, -0.2) is 40.2 Å². The number of rotatable bonds is 6. The molecule has 0 aliphatic rings. The molecular weight excluding hydrogens is 406 g/mol. The molecule has 0 spiro atoms. The summed E-state index contributed by atoms with van der Waals surface area (Å²) in [4.78, 5) is 24.1. The Labute approximate surface area is 188 Å². The lowest BCUT2D eigenvalue weighted by molar-refractivity contribution is 0.0690. The summed E-state index contributed by atoms with van der Waals surface area (Å²) in [6.07, 6.45) is 3.13. The molecule has 3 rings (SSSR count). The van der Waals surface area contributed by atoms with Crippen molar-refractivity contribution in [2.75, 3.05) is 13.1 Å².